The van der Waals surface area contributed by atoms with E-state index >= 15 is 0 Å². The van der Waals surface area contributed by atoms with Gasteiger partial charge in [0.2, 0.25) is 0 Å². The van der Waals surface area contributed by atoms with Crippen molar-refractivity contribution in [1.29, 1.82) is 0 Å². The van der Waals surface area contributed by atoms with Crippen molar-refractivity contribution in [2.45, 2.75) is 47.1 Å². The summed E-state index contributed by atoms with van der Waals surface area (Å²) in [5.74, 6) is 0.178. The second-order valence-corrected chi connectivity index (χ2v) is 6.21. The van der Waals surface area contributed by atoms with Gasteiger partial charge in [-0.1, -0.05) is 20.8 Å². The fourth-order valence-electron chi connectivity index (χ4n) is 1.17. The first-order chi connectivity index (χ1) is 7.56. The maximum absolute atomic E-state index is 11.3. The van der Waals surface area contributed by atoms with Crippen molar-refractivity contribution in [1.82, 2.24) is 5.48 Å². The molecule has 0 aliphatic carbocycles. The molecule has 17 heavy (non-hydrogen) atoms. The Labute approximate surface area is 104 Å². The summed E-state index contributed by atoms with van der Waals surface area (Å²) in [7, 11) is 0. The van der Waals surface area contributed by atoms with Gasteiger partial charge in [0, 0.05) is 5.92 Å². The predicted molar refractivity (Wildman–Crippen MR) is 67.3 cm³/mol. The molecule has 0 bridgehead atoms. The number of hydrogen-bond donors (Lipinski definition) is 2. The molecule has 5 heteroatoms. The lowest BCUT2D eigenvalue weighted by molar-refractivity contribution is -0.0290. The summed E-state index contributed by atoms with van der Waals surface area (Å²) in [6.45, 7) is 12.5. The minimum atomic E-state index is -0.581. The second kappa shape index (κ2) is 6.21. The number of ether oxygens (including phenoxy) is 1. The molecule has 0 aromatic heterocycles. The molecule has 5 nitrogen and oxygen atoms in total. The molecule has 0 aliphatic heterocycles. The fourth-order valence-corrected chi connectivity index (χ4v) is 1.17. The van der Waals surface area contributed by atoms with E-state index in [1.54, 1.807) is 20.8 Å². The fraction of sp³-hybridized carbons (Fsp3) is 0.917. The van der Waals surface area contributed by atoms with Gasteiger partial charge in [0.25, 0.3) is 0 Å². The second-order valence-electron chi connectivity index (χ2n) is 6.21. The molecule has 0 heterocycles. The number of carbonyl (C=O) groups is 1. The lowest BCUT2D eigenvalue weighted by Gasteiger charge is -2.29. The van der Waals surface area contributed by atoms with Crippen molar-refractivity contribution in [2.75, 3.05) is 13.2 Å². The van der Waals surface area contributed by atoms with E-state index < -0.39 is 11.7 Å². The van der Waals surface area contributed by atoms with Gasteiger partial charge in [-0.25, -0.2) is 4.79 Å². The SMILES string of the molecule is CC(C)(C)OC(=O)NOCC(CN)C(C)(C)C. The number of carbonyl (C=O) groups excluding carboxylic acids is 1. The molecular formula is C12H26N2O3. The van der Waals surface area contributed by atoms with Crippen LogP contribution in [0, 0.1) is 11.3 Å². The van der Waals surface area contributed by atoms with Gasteiger partial charge in [0.1, 0.15) is 5.60 Å². The molecule has 3 N–H and O–H groups in total. The van der Waals surface area contributed by atoms with Gasteiger partial charge >= 0.3 is 6.09 Å². The van der Waals surface area contributed by atoms with Crippen molar-refractivity contribution >= 4 is 6.09 Å². The van der Waals surface area contributed by atoms with Gasteiger partial charge < -0.3 is 10.5 Å². The van der Waals surface area contributed by atoms with Crippen molar-refractivity contribution in [2.24, 2.45) is 17.1 Å². The van der Waals surface area contributed by atoms with Crippen LogP contribution in [0.4, 0.5) is 4.79 Å². The van der Waals surface area contributed by atoms with Crippen molar-refractivity contribution in [3.8, 4) is 0 Å². The normalized spacial score (nSPS) is 14.3. The van der Waals surface area contributed by atoms with Crippen LogP contribution < -0.4 is 11.2 Å². The molecule has 102 valence electrons. The van der Waals surface area contributed by atoms with Gasteiger partial charge in [-0.05, 0) is 32.7 Å². The zero-order valence-electron chi connectivity index (χ0n) is 11.8. The Bertz CT molecular complexity index is 241. The lowest BCUT2D eigenvalue weighted by atomic mass is 9.81. The van der Waals surface area contributed by atoms with E-state index in [-0.39, 0.29) is 11.3 Å². The third kappa shape index (κ3) is 7.99. The molecule has 1 amide bonds. The molecule has 0 saturated heterocycles. The quantitative estimate of drug-likeness (QED) is 0.745. The third-order valence-corrected chi connectivity index (χ3v) is 2.35. The predicted octanol–water partition coefficient (Wildman–Crippen LogP) is 2.06. The largest absolute Gasteiger partial charge is 0.442 e. The smallest absolute Gasteiger partial charge is 0.431 e. The van der Waals surface area contributed by atoms with Crippen LogP contribution in [-0.2, 0) is 9.57 Å². The van der Waals surface area contributed by atoms with Gasteiger partial charge in [-0.15, -0.1) is 0 Å². The first-order valence-electron chi connectivity index (χ1n) is 5.87. The van der Waals surface area contributed by atoms with Crippen LogP contribution in [0.2, 0.25) is 0 Å². The highest BCUT2D eigenvalue weighted by Crippen LogP contribution is 2.24. The molecule has 0 radical (unpaired) electrons. The lowest BCUT2D eigenvalue weighted by Crippen LogP contribution is -2.37. The molecule has 0 aliphatic rings. The van der Waals surface area contributed by atoms with E-state index in [2.05, 4.69) is 26.3 Å². The highest BCUT2D eigenvalue weighted by atomic mass is 16.7. The Morgan fingerprint density at radius 2 is 1.76 bits per heavy atom. The van der Waals surface area contributed by atoms with Crippen LogP contribution in [-0.4, -0.2) is 24.8 Å². The van der Waals surface area contributed by atoms with Crippen LogP contribution >= 0.6 is 0 Å². The summed E-state index contributed by atoms with van der Waals surface area (Å²) in [6.07, 6.45) is -0.581. The summed E-state index contributed by atoms with van der Waals surface area (Å²) >= 11 is 0. The van der Waals surface area contributed by atoms with Crippen LogP contribution in [0.1, 0.15) is 41.5 Å². The zero-order valence-corrected chi connectivity index (χ0v) is 11.8. The van der Waals surface area contributed by atoms with E-state index in [1.807, 2.05) is 0 Å². The zero-order chi connectivity index (χ0) is 13.7. The summed E-state index contributed by atoms with van der Waals surface area (Å²) in [4.78, 5) is 16.4. The Morgan fingerprint density at radius 1 is 1.24 bits per heavy atom. The van der Waals surface area contributed by atoms with Gasteiger partial charge in [-0.3, -0.25) is 4.84 Å². The minimum Gasteiger partial charge on any atom is -0.442 e. The first-order valence-corrected chi connectivity index (χ1v) is 5.87. The maximum atomic E-state index is 11.3. The standard InChI is InChI=1S/C12H26N2O3/c1-11(2,3)9(7-13)8-16-14-10(15)17-12(4,5)6/h9H,7-8,13H2,1-6H3,(H,14,15). The molecule has 0 fully saturated rings. The van der Waals surface area contributed by atoms with E-state index in [0.717, 1.165) is 0 Å². The molecule has 1 unspecified atom stereocenters. The first kappa shape index (κ1) is 16.2. The van der Waals surface area contributed by atoms with E-state index in [0.29, 0.717) is 13.2 Å². The molecular weight excluding hydrogens is 220 g/mol. The summed E-state index contributed by atoms with van der Waals surface area (Å²) in [6, 6.07) is 0. The highest BCUT2D eigenvalue weighted by Gasteiger charge is 2.24. The molecule has 0 spiro atoms. The maximum Gasteiger partial charge on any atom is 0.431 e. The Hall–Kier alpha value is -0.810. The Kier molecular flexibility index (Phi) is 5.92. The van der Waals surface area contributed by atoms with E-state index in [1.165, 1.54) is 0 Å². The monoisotopic (exact) mass is 246 g/mol. The topological polar surface area (TPSA) is 73.6 Å². The highest BCUT2D eigenvalue weighted by molar-refractivity contribution is 5.66. The molecule has 0 aromatic carbocycles. The van der Waals surface area contributed by atoms with Gasteiger partial charge in [-0.2, -0.15) is 5.48 Å². The number of amides is 1. The summed E-state index contributed by atoms with van der Waals surface area (Å²) in [5.41, 5.74) is 7.44. The average Bonchev–Trinajstić information content (AvgIpc) is 2.07. The van der Waals surface area contributed by atoms with Crippen molar-refractivity contribution in [3.63, 3.8) is 0 Å². The number of nitrogens with one attached hydrogen (secondary N) is 1. The summed E-state index contributed by atoms with van der Waals surface area (Å²) < 4.78 is 5.03. The number of hydrogen-bond acceptors (Lipinski definition) is 4. The molecule has 0 aromatic rings. The van der Waals surface area contributed by atoms with Crippen LogP contribution in [0.25, 0.3) is 0 Å². The Balaban J connectivity index is 3.95. The van der Waals surface area contributed by atoms with E-state index in [4.69, 9.17) is 15.3 Å². The number of nitrogens with two attached hydrogens (primary N) is 1. The van der Waals surface area contributed by atoms with Crippen LogP contribution in [0.5, 0.6) is 0 Å². The summed E-state index contributed by atoms with van der Waals surface area (Å²) in [5, 5.41) is 0. The molecule has 1 atom stereocenters. The average molecular weight is 246 g/mol. The third-order valence-electron chi connectivity index (χ3n) is 2.35. The minimum absolute atomic E-state index is 0.0460. The van der Waals surface area contributed by atoms with E-state index in [9.17, 15) is 4.79 Å². The Morgan fingerprint density at radius 3 is 2.12 bits per heavy atom. The van der Waals surface area contributed by atoms with Crippen molar-refractivity contribution in [3.05, 3.63) is 0 Å². The number of rotatable bonds is 4. The van der Waals surface area contributed by atoms with Gasteiger partial charge in [0.05, 0.1) is 6.61 Å². The van der Waals surface area contributed by atoms with Crippen LogP contribution in [0.15, 0.2) is 0 Å². The molecule has 0 saturated carbocycles. The van der Waals surface area contributed by atoms with Crippen molar-refractivity contribution < 1.29 is 14.4 Å². The van der Waals surface area contributed by atoms with Crippen LogP contribution in [0.3, 0.4) is 0 Å². The molecule has 0 rings (SSSR count). The van der Waals surface area contributed by atoms with Gasteiger partial charge in [0.15, 0.2) is 0 Å². The number of hydroxylamine groups is 1.